The Bertz CT molecular complexity index is 1520. The summed E-state index contributed by atoms with van der Waals surface area (Å²) in [6, 6.07) is 27.3. The van der Waals surface area contributed by atoms with Gasteiger partial charge < -0.3 is 14.6 Å². The van der Waals surface area contributed by atoms with Gasteiger partial charge in [0.15, 0.2) is 0 Å². The lowest BCUT2D eigenvalue weighted by atomic mass is 10.0. The first-order valence-corrected chi connectivity index (χ1v) is 12.6. The van der Waals surface area contributed by atoms with Gasteiger partial charge >= 0.3 is 5.97 Å². The molecule has 0 aliphatic rings. The summed E-state index contributed by atoms with van der Waals surface area (Å²) >= 11 is 1.72. The number of aromatic nitrogens is 1. The number of nitrogens with one attached hydrogen (secondary N) is 1. The van der Waals surface area contributed by atoms with Crippen molar-refractivity contribution in [2.75, 3.05) is 7.11 Å². The molecule has 1 amide bonds. The lowest BCUT2D eigenvalue weighted by Gasteiger charge is -2.16. The largest absolute Gasteiger partial charge is 0.465 e. The zero-order chi connectivity index (χ0) is 25.1. The summed E-state index contributed by atoms with van der Waals surface area (Å²) in [6.07, 6.45) is 2.04. The molecular formula is C30H26N2O3S. The number of thiophene rings is 1. The fourth-order valence-corrected chi connectivity index (χ4v) is 5.26. The van der Waals surface area contributed by atoms with Gasteiger partial charge in [0.25, 0.3) is 5.91 Å². The number of fused-ring (bicyclic) bond motifs is 1. The standard InChI is InChI=1S/C30H26N2O3S/c1-20(21-11-13-24(14-12-21)30(34)35-2)31-29(33)27-10-6-9-23-15-16-32(28(23)27)18-26-17-25(19-36-26)22-7-4-3-5-8-22/h3-17,19-20H,18H2,1-2H3,(H,31,33)/t20-/m0/s1. The van der Waals surface area contributed by atoms with E-state index in [-0.39, 0.29) is 17.9 Å². The number of methoxy groups -OCH3 is 1. The maximum Gasteiger partial charge on any atom is 0.337 e. The van der Waals surface area contributed by atoms with Gasteiger partial charge in [-0.3, -0.25) is 4.79 Å². The van der Waals surface area contributed by atoms with Crippen LogP contribution in [-0.4, -0.2) is 23.6 Å². The number of carbonyl (C=O) groups is 2. The number of para-hydroxylation sites is 1. The molecule has 0 fully saturated rings. The quantitative estimate of drug-likeness (QED) is 0.256. The maximum absolute atomic E-state index is 13.4. The van der Waals surface area contributed by atoms with Crippen LogP contribution in [0, 0.1) is 0 Å². The number of carbonyl (C=O) groups excluding carboxylic acids is 2. The Hall–Kier alpha value is -4.16. The van der Waals surface area contributed by atoms with E-state index in [2.05, 4.69) is 33.5 Å². The molecule has 0 bridgehead atoms. The van der Waals surface area contributed by atoms with Crippen LogP contribution >= 0.6 is 11.3 Å². The van der Waals surface area contributed by atoms with Crippen LogP contribution in [0.25, 0.3) is 22.0 Å². The normalized spacial score (nSPS) is 11.8. The summed E-state index contributed by atoms with van der Waals surface area (Å²) < 4.78 is 6.90. The summed E-state index contributed by atoms with van der Waals surface area (Å²) in [5.74, 6) is -0.520. The third-order valence-electron chi connectivity index (χ3n) is 6.30. The molecule has 0 saturated heterocycles. The Kier molecular flexibility index (Phi) is 6.69. The summed E-state index contributed by atoms with van der Waals surface area (Å²) in [5.41, 5.74) is 5.34. The second-order valence-corrected chi connectivity index (χ2v) is 9.66. The van der Waals surface area contributed by atoms with E-state index in [4.69, 9.17) is 4.74 Å². The predicted molar refractivity (Wildman–Crippen MR) is 144 cm³/mol. The van der Waals surface area contributed by atoms with E-state index in [0.717, 1.165) is 16.5 Å². The fourth-order valence-electron chi connectivity index (χ4n) is 4.37. The molecule has 2 aromatic heterocycles. The number of nitrogens with zero attached hydrogens (tertiary/aromatic N) is 1. The molecule has 0 aliphatic heterocycles. The molecule has 0 radical (unpaired) electrons. The minimum Gasteiger partial charge on any atom is -0.465 e. The highest BCUT2D eigenvalue weighted by atomic mass is 32.1. The van der Waals surface area contributed by atoms with Gasteiger partial charge in [-0.15, -0.1) is 11.3 Å². The smallest absolute Gasteiger partial charge is 0.337 e. The minimum atomic E-state index is -0.382. The Morgan fingerprint density at radius 3 is 2.47 bits per heavy atom. The molecule has 0 spiro atoms. The van der Waals surface area contributed by atoms with E-state index in [9.17, 15) is 9.59 Å². The first-order chi connectivity index (χ1) is 17.5. The van der Waals surface area contributed by atoms with Crippen molar-refractivity contribution in [2.24, 2.45) is 0 Å². The molecular weight excluding hydrogens is 468 g/mol. The third-order valence-corrected chi connectivity index (χ3v) is 7.22. The van der Waals surface area contributed by atoms with E-state index in [1.165, 1.54) is 23.1 Å². The zero-order valence-electron chi connectivity index (χ0n) is 20.1. The van der Waals surface area contributed by atoms with Crippen LogP contribution in [0.5, 0.6) is 0 Å². The third kappa shape index (κ3) is 4.81. The maximum atomic E-state index is 13.4. The molecule has 180 valence electrons. The predicted octanol–water partition coefficient (Wildman–Crippen LogP) is 6.70. The number of amides is 1. The van der Waals surface area contributed by atoms with Gasteiger partial charge in [-0.2, -0.15) is 0 Å². The van der Waals surface area contributed by atoms with Gasteiger partial charge in [0.2, 0.25) is 0 Å². The van der Waals surface area contributed by atoms with Crippen molar-refractivity contribution in [2.45, 2.75) is 19.5 Å². The van der Waals surface area contributed by atoms with Crippen molar-refractivity contribution in [1.29, 1.82) is 0 Å². The van der Waals surface area contributed by atoms with Gasteiger partial charge in [-0.05, 0) is 59.3 Å². The highest BCUT2D eigenvalue weighted by Crippen LogP contribution is 2.28. The molecule has 3 aromatic carbocycles. The van der Waals surface area contributed by atoms with Gasteiger partial charge in [0.1, 0.15) is 0 Å². The molecule has 0 unspecified atom stereocenters. The highest BCUT2D eigenvalue weighted by Gasteiger charge is 2.17. The van der Waals surface area contributed by atoms with Crippen LogP contribution in [-0.2, 0) is 11.3 Å². The molecule has 5 nitrogen and oxygen atoms in total. The lowest BCUT2D eigenvalue weighted by molar-refractivity contribution is 0.0600. The van der Waals surface area contributed by atoms with E-state index < -0.39 is 0 Å². The molecule has 6 heteroatoms. The molecule has 1 N–H and O–H groups in total. The van der Waals surface area contributed by atoms with Crippen LogP contribution in [0.1, 0.15) is 44.1 Å². The Morgan fingerprint density at radius 2 is 1.72 bits per heavy atom. The monoisotopic (exact) mass is 494 g/mol. The Labute approximate surface area is 214 Å². The number of benzene rings is 3. The minimum absolute atomic E-state index is 0.138. The molecule has 0 aliphatic carbocycles. The molecule has 2 heterocycles. The van der Waals surface area contributed by atoms with Crippen molar-refractivity contribution in [1.82, 2.24) is 9.88 Å². The van der Waals surface area contributed by atoms with Gasteiger partial charge in [-0.1, -0.05) is 54.6 Å². The van der Waals surface area contributed by atoms with Crippen LogP contribution in [0.3, 0.4) is 0 Å². The molecule has 5 rings (SSSR count). The zero-order valence-corrected chi connectivity index (χ0v) is 20.9. The summed E-state index contributed by atoms with van der Waals surface area (Å²) in [5, 5.41) is 6.31. The van der Waals surface area contributed by atoms with Crippen molar-refractivity contribution < 1.29 is 14.3 Å². The van der Waals surface area contributed by atoms with E-state index in [0.29, 0.717) is 17.7 Å². The highest BCUT2D eigenvalue weighted by molar-refractivity contribution is 7.10. The molecule has 0 saturated carbocycles. The summed E-state index contributed by atoms with van der Waals surface area (Å²) in [6.45, 7) is 2.62. The SMILES string of the molecule is COC(=O)c1ccc([C@H](C)NC(=O)c2cccc3ccn(Cc4cc(-c5ccccc5)cs4)c23)cc1. The topological polar surface area (TPSA) is 60.3 Å². The number of hydrogen-bond acceptors (Lipinski definition) is 4. The number of esters is 1. The van der Waals surface area contributed by atoms with Crippen LogP contribution in [0.2, 0.25) is 0 Å². The van der Waals surface area contributed by atoms with Crippen molar-refractivity contribution >= 4 is 34.1 Å². The van der Waals surface area contributed by atoms with E-state index in [1.54, 1.807) is 23.5 Å². The molecule has 5 aromatic rings. The fraction of sp³-hybridized carbons (Fsp3) is 0.133. The van der Waals surface area contributed by atoms with Crippen LogP contribution in [0.4, 0.5) is 0 Å². The van der Waals surface area contributed by atoms with Gasteiger partial charge in [0, 0.05) is 16.5 Å². The summed E-state index contributed by atoms with van der Waals surface area (Å²) in [7, 11) is 1.36. The van der Waals surface area contributed by atoms with Gasteiger partial charge in [-0.25, -0.2) is 4.79 Å². The van der Waals surface area contributed by atoms with Crippen molar-refractivity contribution in [3.8, 4) is 11.1 Å². The second kappa shape index (κ2) is 10.2. The average Bonchev–Trinajstić information content (AvgIpc) is 3.56. The number of ether oxygens (including phenoxy) is 1. The number of hydrogen-bond donors (Lipinski definition) is 1. The molecule has 36 heavy (non-hydrogen) atoms. The second-order valence-electron chi connectivity index (χ2n) is 8.66. The van der Waals surface area contributed by atoms with E-state index >= 15 is 0 Å². The van der Waals surface area contributed by atoms with Crippen molar-refractivity contribution in [3.63, 3.8) is 0 Å². The number of rotatable bonds is 7. The van der Waals surface area contributed by atoms with Crippen LogP contribution in [0.15, 0.2) is 96.5 Å². The first kappa shape index (κ1) is 23.6. The van der Waals surface area contributed by atoms with Crippen LogP contribution < -0.4 is 5.32 Å². The lowest BCUT2D eigenvalue weighted by Crippen LogP contribution is -2.27. The Balaban J connectivity index is 1.37. The van der Waals surface area contributed by atoms with Crippen molar-refractivity contribution in [3.05, 3.63) is 118 Å². The molecule has 1 atom stereocenters. The van der Waals surface area contributed by atoms with Gasteiger partial charge in [0.05, 0.1) is 36.3 Å². The van der Waals surface area contributed by atoms with E-state index in [1.807, 2.05) is 67.7 Å². The average molecular weight is 495 g/mol. The summed E-state index contributed by atoms with van der Waals surface area (Å²) in [4.78, 5) is 26.3. The Morgan fingerprint density at radius 1 is 0.944 bits per heavy atom. The first-order valence-electron chi connectivity index (χ1n) is 11.7.